The molecule has 3 heteroatoms. The molecule has 1 heterocycles. The van der Waals surface area contributed by atoms with Crippen LogP contribution in [-0.2, 0) is 0 Å². The number of nitrogens with zero attached hydrogens (tertiary/aromatic N) is 1. The zero-order valence-electron chi connectivity index (χ0n) is 7.80. The molecule has 0 aromatic carbocycles. The lowest BCUT2D eigenvalue weighted by Gasteiger charge is -2.10. The third kappa shape index (κ3) is 1.22. The average Bonchev–Trinajstić information content (AvgIpc) is 2.02. The number of rotatable bonds is 1. The highest BCUT2D eigenvalue weighted by Gasteiger charge is 2.10. The zero-order valence-corrected chi connectivity index (χ0v) is 7.80. The molecule has 0 unspecified atom stereocenters. The van der Waals surface area contributed by atoms with Gasteiger partial charge in [0.25, 0.3) is 0 Å². The maximum Gasteiger partial charge on any atom is 0.217 e. The van der Waals surface area contributed by atoms with E-state index in [4.69, 9.17) is 4.74 Å². The molecule has 0 saturated heterocycles. The Morgan fingerprint density at radius 3 is 2.25 bits per heavy atom. The Labute approximate surface area is 72.0 Å². The fourth-order valence-corrected chi connectivity index (χ4v) is 1.18. The summed E-state index contributed by atoms with van der Waals surface area (Å²) in [6.07, 6.45) is 0. The van der Waals surface area contributed by atoms with Gasteiger partial charge in [-0.05, 0) is 20.8 Å². The van der Waals surface area contributed by atoms with Gasteiger partial charge in [-0.3, -0.25) is 0 Å². The van der Waals surface area contributed by atoms with Crippen molar-refractivity contribution in [1.29, 1.82) is 0 Å². The van der Waals surface area contributed by atoms with Crippen LogP contribution in [0.25, 0.3) is 0 Å². The molecule has 1 N–H and O–H groups in total. The smallest absolute Gasteiger partial charge is 0.217 e. The van der Waals surface area contributed by atoms with Gasteiger partial charge >= 0.3 is 0 Å². The molecular formula is C9H13NO2. The van der Waals surface area contributed by atoms with Crippen molar-refractivity contribution in [3.8, 4) is 11.6 Å². The standard InChI is InChI=1S/C9H13NO2/c1-5-7(3)10-9(11)6(2)8(5)12-4/h1-4H3,(H,10,11). The first-order valence-corrected chi connectivity index (χ1v) is 3.78. The van der Waals surface area contributed by atoms with Crippen molar-refractivity contribution in [2.24, 2.45) is 0 Å². The highest BCUT2D eigenvalue weighted by molar-refractivity contribution is 5.46. The summed E-state index contributed by atoms with van der Waals surface area (Å²) in [7, 11) is 1.59. The van der Waals surface area contributed by atoms with Gasteiger partial charge in [-0.15, -0.1) is 0 Å². The van der Waals surface area contributed by atoms with E-state index in [1.807, 2.05) is 13.8 Å². The molecule has 0 amide bonds. The van der Waals surface area contributed by atoms with E-state index in [1.54, 1.807) is 14.0 Å². The molecule has 1 aromatic rings. The molecule has 0 aliphatic rings. The van der Waals surface area contributed by atoms with Gasteiger partial charge in [-0.2, -0.15) is 0 Å². The molecule has 0 fully saturated rings. The largest absolute Gasteiger partial charge is 0.496 e. The van der Waals surface area contributed by atoms with Crippen LogP contribution in [0.15, 0.2) is 0 Å². The van der Waals surface area contributed by atoms with Gasteiger partial charge in [-0.1, -0.05) is 0 Å². The van der Waals surface area contributed by atoms with E-state index in [2.05, 4.69) is 4.98 Å². The second kappa shape index (κ2) is 3.01. The van der Waals surface area contributed by atoms with Crippen molar-refractivity contribution in [2.45, 2.75) is 20.8 Å². The molecule has 0 saturated carbocycles. The van der Waals surface area contributed by atoms with Crippen molar-refractivity contribution in [2.75, 3.05) is 7.11 Å². The van der Waals surface area contributed by atoms with Crippen molar-refractivity contribution in [3.63, 3.8) is 0 Å². The Morgan fingerprint density at radius 2 is 1.75 bits per heavy atom. The lowest BCUT2D eigenvalue weighted by molar-refractivity contribution is 0.393. The van der Waals surface area contributed by atoms with Crippen LogP contribution < -0.4 is 4.74 Å². The van der Waals surface area contributed by atoms with Gasteiger partial charge in [0.15, 0.2) is 0 Å². The number of methoxy groups -OCH3 is 1. The summed E-state index contributed by atoms with van der Waals surface area (Å²) in [5.74, 6) is 0.773. The second-order valence-corrected chi connectivity index (χ2v) is 2.80. The van der Waals surface area contributed by atoms with E-state index >= 15 is 0 Å². The molecule has 0 spiro atoms. The Bertz CT molecular complexity index is 282. The van der Waals surface area contributed by atoms with E-state index < -0.39 is 0 Å². The first kappa shape index (κ1) is 8.84. The van der Waals surface area contributed by atoms with Crippen LogP contribution in [-0.4, -0.2) is 17.2 Å². The SMILES string of the molecule is COc1c(C)c(C)nc(O)c1C. The maximum atomic E-state index is 9.35. The topological polar surface area (TPSA) is 42.4 Å². The van der Waals surface area contributed by atoms with E-state index in [0.29, 0.717) is 5.56 Å². The van der Waals surface area contributed by atoms with Crippen molar-refractivity contribution >= 4 is 0 Å². The minimum atomic E-state index is 0.0509. The van der Waals surface area contributed by atoms with E-state index in [9.17, 15) is 5.11 Å². The first-order chi connectivity index (χ1) is 5.57. The molecule has 1 rings (SSSR count). The summed E-state index contributed by atoms with van der Waals surface area (Å²) < 4.78 is 5.14. The van der Waals surface area contributed by atoms with Crippen molar-refractivity contribution in [1.82, 2.24) is 4.98 Å². The highest BCUT2D eigenvalue weighted by Crippen LogP contribution is 2.29. The number of hydrogen-bond acceptors (Lipinski definition) is 3. The number of aryl methyl sites for hydroxylation is 1. The molecule has 0 atom stereocenters. The Kier molecular flexibility index (Phi) is 2.22. The molecule has 0 aliphatic heterocycles. The zero-order chi connectivity index (χ0) is 9.30. The van der Waals surface area contributed by atoms with Gasteiger partial charge in [0.05, 0.1) is 12.7 Å². The van der Waals surface area contributed by atoms with E-state index in [0.717, 1.165) is 17.0 Å². The number of pyridine rings is 1. The van der Waals surface area contributed by atoms with Crippen molar-refractivity contribution < 1.29 is 9.84 Å². The normalized spacial score (nSPS) is 10.0. The highest BCUT2D eigenvalue weighted by atomic mass is 16.5. The fraction of sp³-hybridized carbons (Fsp3) is 0.444. The van der Waals surface area contributed by atoms with Crippen LogP contribution in [0.4, 0.5) is 0 Å². The summed E-state index contributed by atoms with van der Waals surface area (Å²) in [6, 6.07) is 0. The summed E-state index contributed by atoms with van der Waals surface area (Å²) >= 11 is 0. The maximum absolute atomic E-state index is 9.35. The molecule has 66 valence electrons. The van der Waals surface area contributed by atoms with E-state index in [-0.39, 0.29) is 5.88 Å². The van der Waals surface area contributed by atoms with Crippen LogP contribution in [0, 0.1) is 20.8 Å². The third-order valence-corrected chi connectivity index (χ3v) is 2.04. The van der Waals surface area contributed by atoms with Crippen LogP contribution in [0.1, 0.15) is 16.8 Å². The van der Waals surface area contributed by atoms with E-state index in [1.165, 1.54) is 0 Å². The quantitative estimate of drug-likeness (QED) is 0.692. The second-order valence-electron chi connectivity index (χ2n) is 2.80. The number of ether oxygens (including phenoxy) is 1. The minimum Gasteiger partial charge on any atom is -0.496 e. The van der Waals surface area contributed by atoms with Crippen molar-refractivity contribution in [3.05, 3.63) is 16.8 Å². The Hall–Kier alpha value is -1.25. The summed E-state index contributed by atoms with van der Waals surface area (Å²) in [6.45, 7) is 5.55. The molecular weight excluding hydrogens is 154 g/mol. The van der Waals surface area contributed by atoms with Crippen LogP contribution in [0.3, 0.4) is 0 Å². The van der Waals surface area contributed by atoms with Gasteiger partial charge in [0, 0.05) is 11.3 Å². The lowest BCUT2D eigenvalue weighted by atomic mass is 10.1. The fourth-order valence-electron chi connectivity index (χ4n) is 1.18. The molecule has 0 aliphatic carbocycles. The average molecular weight is 167 g/mol. The first-order valence-electron chi connectivity index (χ1n) is 3.78. The van der Waals surface area contributed by atoms with Gasteiger partial charge < -0.3 is 9.84 Å². The number of aromatic nitrogens is 1. The van der Waals surface area contributed by atoms with Gasteiger partial charge in [0.1, 0.15) is 5.75 Å². The molecule has 12 heavy (non-hydrogen) atoms. The summed E-state index contributed by atoms with van der Waals surface area (Å²) in [5, 5.41) is 9.35. The predicted octanol–water partition coefficient (Wildman–Crippen LogP) is 1.72. The molecule has 3 nitrogen and oxygen atoms in total. The number of aromatic hydroxyl groups is 1. The number of hydrogen-bond donors (Lipinski definition) is 1. The van der Waals surface area contributed by atoms with Crippen LogP contribution in [0.2, 0.25) is 0 Å². The van der Waals surface area contributed by atoms with Crippen LogP contribution >= 0.6 is 0 Å². The monoisotopic (exact) mass is 167 g/mol. The molecule has 0 bridgehead atoms. The molecule has 0 radical (unpaired) electrons. The van der Waals surface area contributed by atoms with Gasteiger partial charge in [0.2, 0.25) is 5.88 Å². The lowest BCUT2D eigenvalue weighted by Crippen LogP contribution is -1.96. The Morgan fingerprint density at radius 1 is 1.17 bits per heavy atom. The summed E-state index contributed by atoms with van der Waals surface area (Å²) in [4.78, 5) is 3.96. The Balaban J connectivity index is 3.42. The minimum absolute atomic E-state index is 0.0509. The predicted molar refractivity (Wildman–Crippen MR) is 46.7 cm³/mol. The molecule has 1 aromatic heterocycles. The van der Waals surface area contributed by atoms with Crippen LogP contribution in [0.5, 0.6) is 11.6 Å². The van der Waals surface area contributed by atoms with Gasteiger partial charge in [-0.25, -0.2) is 4.98 Å². The summed E-state index contributed by atoms with van der Waals surface area (Å²) in [5.41, 5.74) is 2.48. The third-order valence-electron chi connectivity index (χ3n) is 2.04.